The van der Waals surface area contributed by atoms with Crippen molar-refractivity contribution in [1.82, 2.24) is 9.80 Å². The van der Waals surface area contributed by atoms with Crippen molar-refractivity contribution in [2.24, 2.45) is 11.8 Å². The van der Waals surface area contributed by atoms with E-state index in [1.165, 1.54) is 0 Å². The largest absolute Gasteiger partial charge is 0.481 e. The fourth-order valence-corrected chi connectivity index (χ4v) is 3.55. The standard InChI is InChI=1S/C17H28N2O4/c1-12(2)10-14(19-9-4-3-7-15(19)20)16(21)18-8-5-6-13(11-18)17(22)23/h12-14H,3-11H2,1-2H3,(H,22,23). The molecule has 0 saturated carbocycles. The first-order valence-electron chi connectivity index (χ1n) is 8.71. The van der Waals surface area contributed by atoms with E-state index in [4.69, 9.17) is 0 Å². The van der Waals surface area contributed by atoms with Crippen LogP contribution in [-0.2, 0) is 14.4 Å². The highest BCUT2D eigenvalue weighted by atomic mass is 16.4. The number of carbonyl (C=O) groups excluding carboxylic acids is 2. The molecule has 0 aromatic rings. The molecule has 2 amide bonds. The van der Waals surface area contributed by atoms with E-state index in [1.54, 1.807) is 9.80 Å². The molecule has 0 radical (unpaired) electrons. The van der Waals surface area contributed by atoms with Crippen molar-refractivity contribution in [2.75, 3.05) is 19.6 Å². The minimum Gasteiger partial charge on any atom is -0.481 e. The van der Waals surface area contributed by atoms with E-state index in [9.17, 15) is 19.5 Å². The number of carboxylic acids is 1. The summed E-state index contributed by atoms with van der Waals surface area (Å²) in [7, 11) is 0. The van der Waals surface area contributed by atoms with Crippen LogP contribution in [0.1, 0.15) is 52.4 Å². The number of aliphatic carboxylic acids is 1. The normalized spacial score (nSPS) is 24.0. The van der Waals surface area contributed by atoms with Gasteiger partial charge in [0.1, 0.15) is 6.04 Å². The van der Waals surface area contributed by atoms with E-state index < -0.39 is 17.9 Å². The highest BCUT2D eigenvalue weighted by molar-refractivity contribution is 5.88. The molecule has 130 valence electrons. The topological polar surface area (TPSA) is 77.9 Å². The minimum atomic E-state index is -0.836. The average Bonchev–Trinajstić information content (AvgIpc) is 2.52. The summed E-state index contributed by atoms with van der Waals surface area (Å²) in [6.07, 6.45) is 4.31. The van der Waals surface area contributed by atoms with Crippen molar-refractivity contribution in [1.29, 1.82) is 0 Å². The maximum absolute atomic E-state index is 13.0. The lowest BCUT2D eigenvalue weighted by molar-refractivity contribution is -0.152. The zero-order chi connectivity index (χ0) is 17.0. The third-order valence-corrected chi connectivity index (χ3v) is 4.80. The number of carbonyl (C=O) groups is 3. The van der Waals surface area contributed by atoms with Crippen molar-refractivity contribution in [3.63, 3.8) is 0 Å². The molecule has 0 aromatic heterocycles. The van der Waals surface area contributed by atoms with Crippen molar-refractivity contribution in [3.05, 3.63) is 0 Å². The molecule has 1 N–H and O–H groups in total. The summed E-state index contributed by atoms with van der Waals surface area (Å²) in [4.78, 5) is 39.8. The summed E-state index contributed by atoms with van der Waals surface area (Å²) in [5.41, 5.74) is 0. The fraction of sp³-hybridized carbons (Fsp3) is 0.824. The molecule has 0 aromatic carbocycles. The second kappa shape index (κ2) is 7.79. The quantitative estimate of drug-likeness (QED) is 0.835. The molecule has 0 aliphatic carbocycles. The molecule has 2 heterocycles. The number of amides is 2. The van der Waals surface area contributed by atoms with E-state index >= 15 is 0 Å². The molecule has 2 saturated heterocycles. The summed E-state index contributed by atoms with van der Waals surface area (Å²) in [6.45, 7) is 5.60. The molecule has 2 aliphatic heterocycles. The van der Waals surface area contributed by atoms with Crippen LogP contribution in [0.25, 0.3) is 0 Å². The van der Waals surface area contributed by atoms with Crippen molar-refractivity contribution < 1.29 is 19.5 Å². The smallest absolute Gasteiger partial charge is 0.308 e. The Morgan fingerprint density at radius 1 is 1.22 bits per heavy atom. The molecule has 2 rings (SSSR count). The summed E-state index contributed by atoms with van der Waals surface area (Å²) in [6, 6.07) is -0.435. The number of carboxylic acid groups (broad SMARTS) is 1. The lowest BCUT2D eigenvalue weighted by Crippen LogP contribution is -2.55. The summed E-state index contributed by atoms with van der Waals surface area (Å²) in [5.74, 6) is -1.03. The van der Waals surface area contributed by atoms with Gasteiger partial charge < -0.3 is 14.9 Å². The zero-order valence-corrected chi connectivity index (χ0v) is 14.2. The monoisotopic (exact) mass is 324 g/mol. The summed E-state index contributed by atoms with van der Waals surface area (Å²) >= 11 is 0. The number of likely N-dealkylation sites (tertiary alicyclic amines) is 2. The highest BCUT2D eigenvalue weighted by Crippen LogP contribution is 2.23. The molecule has 6 heteroatoms. The van der Waals surface area contributed by atoms with Crippen molar-refractivity contribution in [2.45, 2.75) is 58.4 Å². The molecule has 2 atom stereocenters. The summed E-state index contributed by atoms with van der Waals surface area (Å²) in [5, 5.41) is 9.21. The average molecular weight is 324 g/mol. The lowest BCUT2D eigenvalue weighted by atomic mass is 9.94. The molecular weight excluding hydrogens is 296 g/mol. The third-order valence-electron chi connectivity index (χ3n) is 4.80. The Morgan fingerprint density at radius 3 is 2.57 bits per heavy atom. The highest BCUT2D eigenvalue weighted by Gasteiger charge is 2.37. The predicted molar refractivity (Wildman–Crippen MR) is 85.7 cm³/mol. The second-order valence-electron chi connectivity index (χ2n) is 7.15. The van der Waals surface area contributed by atoms with Gasteiger partial charge in [0.05, 0.1) is 5.92 Å². The van der Waals surface area contributed by atoms with Crippen LogP contribution in [0.5, 0.6) is 0 Å². The van der Waals surface area contributed by atoms with Crippen LogP contribution in [0.2, 0.25) is 0 Å². The van der Waals surface area contributed by atoms with Gasteiger partial charge >= 0.3 is 5.97 Å². The molecule has 23 heavy (non-hydrogen) atoms. The summed E-state index contributed by atoms with van der Waals surface area (Å²) < 4.78 is 0. The van der Waals surface area contributed by atoms with Crippen LogP contribution in [0.3, 0.4) is 0 Å². The number of nitrogens with zero attached hydrogens (tertiary/aromatic N) is 2. The van der Waals surface area contributed by atoms with Gasteiger partial charge in [0, 0.05) is 26.1 Å². The Balaban J connectivity index is 2.12. The van der Waals surface area contributed by atoms with E-state index in [2.05, 4.69) is 0 Å². The van der Waals surface area contributed by atoms with Crippen LogP contribution in [0, 0.1) is 11.8 Å². The SMILES string of the molecule is CC(C)CC(C(=O)N1CCCC(C(=O)O)C1)N1CCCCC1=O. The van der Waals surface area contributed by atoms with Gasteiger partial charge in [-0.1, -0.05) is 13.8 Å². The molecule has 2 fully saturated rings. The molecular formula is C17H28N2O4. The first-order valence-corrected chi connectivity index (χ1v) is 8.71. The number of hydrogen-bond donors (Lipinski definition) is 1. The van der Waals surface area contributed by atoms with Crippen LogP contribution in [0.4, 0.5) is 0 Å². The van der Waals surface area contributed by atoms with Gasteiger partial charge in [-0.3, -0.25) is 14.4 Å². The van der Waals surface area contributed by atoms with Crippen LogP contribution >= 0.6 is 0 Å². The Morgan fingerprint density at radius 2 is 1.96 bits per heavy atom. The molecule has 0 bridgehead atoms. The van der Waals surface area contributed by atoms with Gasteiger partial charge in [-0.15, -0.1) is 0 Å². The Labute approximate surface area is 137 Å². The van der Waals surface area contributed by atoms with Gasteiger partial charge in [-0.05, 0) is 38.0 Å². The number of rotatable bonds is 5. The Hall–Kier alpha value is -1.59. The van der Waals surface area contributed by atoms with Crippen LogP contribution < -0.4 is 0 Å². The Bertz CT molecular complexity index is 464. The second-order valence-corrected chi connectivity index (χ2v) is 7.15. The van der Waals surface area contributed by atoms with Crippen molar-refractivity contribution in [3.8, 4) is 0 Å². The first-order chi connectivity index (χ1) is 10.9. The molecule has 2 aliphatic rings. The molecule has 6 nitrogen and oxygen atoms in total. The lowest BCUT2D eigenvalue weighted by Gasteiger charge is -2.39. The first kappa shape index (κ1) is 17.8. The van der Waals surface area contributed by atoms with Gasteiger partial charge in [0.15, 0.2) is 0 Å². The Kier molecular flexibility index (Phi) is 6.02. The van der Waals surface area contributed by atoms with Gasteiger partial charge in [-0.25, -0.2) is 0 Å². The third kappa shape index (κ3) is 4.45. The molecule has 0 spiro atoms. The minimum absolute atomic E-state index is 0.0574. The number of piperidine rings is 2. The van der Waals surface area contributed by atoms with E-state index in [0.717, 1.165) is 12.8 Å². The van der Waals surface area contributed by atoms with Crippen molar-refractivity contribution >= 4 is 17.8 Å². The van der Waals surface area contributed by atoms with Gasteiger partial charge in [0.25, 0.3) is 0 Å². The predicted octanol–water partition coefficient (Wildman–Crippen LogP) is 1.74. The zero-order valence-electron chi connectivity index (χ0n) is 14.2. The van der Waals surface area contributed by atoms with Crippen LogP contribution in [0.15, 0.2) is 0 Å². The van der Waals surface area contributed by atoms with Crippen LogP contribution in [-0.4, -0.2) is 58.4 Å². The maximum Gasteiger partial charge on any atom is 0.308 e. The molecule has 2 unspecified atom stereocenters. The van der Waals surface area contributed by atoms with Gasteiger partial charge in [0.2, 0.25) is 11.8 Å². The maximum atomic E-state index is 13.0. The fourth-order valence-electron chi connectivity index (χ4n) is 3.55. The van der Waals surface area contributed by atoms with E-state index in [1.807, 2.05) is 13.8 Å². The number of hydrogen-bond acceptors (Lipinski definition) is 3. The van der Waals surface area contributed by atoms with E-state index in [-0.39, 0.29) is 18.4 Å². The van der Waals surface area contributed by atoms with Gasteiger partial charge in [-0.2, -0.15) is 0 Å². The van der Waals surface area contributed by atoms with E-state index in [0.29, 0.717) is 44.7 Å².